The van der Waals surface area contributed by atoms with E-state index < -0.39 is 0 Å². The normalized spacial score (nSPS) is 16.5. The Hall–Kier alpha value is -3.08. The van der Waals surface area contributed by atoms with Crippen LogP contribution in [0.25, 0.3) is 11.3 Å². The van der Waals surface area contributed by atoms with Gasteiger partial charge < -0.3 is 14.2 Å². The van der Waals surface area contributed by atoms with Crippen LogP contribution < -0.4 is 4.74 Å². The topological polar surface area (TPSA) is 55.6 Å². The first-order valence-electron chi connectivity index (χ1n) is 9.14. The predicted octanol–water partition coefficient (Wildman–Crippen LogP) is 4.64. The lowest BCUT2D eigenvalue weighted by Crippen LogP contribution is -2.30. The number of carbonyl (C=O) groups is 1. The highest BCUT2D eigenvalue weighted by Crippen LogP contribution is 2.34. The van der Waals surface area contributed by atoms with Gasteiger partial charge in [0, 0.05) is 18.2 Å². The Kier molecular flexibility index (Phi) is 4.67. The molecule has 0 aliphatic carbocycles. The summed E-state index contributed by atoms with van der Waals surface area (Å²) in [4.78, 5) is 15.0. The standard InChI is InChI=1S/C22H22N2O3/c1-15-5-3-6-17(13-15)20-7-4-12-24(20)22(25)19-14-21(27-23-19)16-8-10-18(26-2)11-9-16/h3,5-6,8-11,13-14,20H,4,7,12H2,1-2H3. The number of aryl methyl sites for hydroxylation is 1. The van der Waals surface area contributed by atoms with Crippen LogP contribution >= 0.6 is 0 Å². The molecule has 1 aromatic heterocycles. The van der Waals surface area contributed by atoms with Gasteiger partial charge in [0.05, 0.1) is 13.2 Å². The second kappa shape index (κ2) is 7.27. The molecule has 0 bridgehead atoms. The molecule has 1 amide bonds. The van der Waals surface area contributed by atoms with E-state index in [1.54, 1.807) is 13.2 Å². The summed E-state index contributed by atoms with van der Waals surface area (Å²) in [6.07, 6.45) is 1.96. The fraction of sp³-hybridized carbons (Fsp3) is 0.273. The molecule has 0 saturated carbocycles. The molecule has 4 rings (SSSR count). The minimum atomic E-state index is -0.0810. The zero-order valence-electron chi connectivity index (χ0n) is 15.5. The molecular weight excluding hydrogens is 340 g/mol. The van der Waals surface area contributed by atoms with Gasteiger partial charge in [-0.25, -0.2) is 0 Å². The van der Waals surface area contributed by atoms with Crippen molar-refractivity contribution in [2.75, 3.05) is 13.7 Å². The highest BCUT2D eigenvalue weighted by molar-refractivity contribution is 5.93. The van der Waals surface area contributed by atoms with Gasteiger partial charge in [0.25, 0.3) is 5.91 Å². The van der Waals surface area contributed by atoms with E-state index in [0.717, 1.165) is 30.7 Å². The lowest BCUT2D eigenvalue weighted by molar-refractivity contribution is 0.0725. The van der Waals surface area contributed by atoms with Gasteiger partial charge >= 0.3 is 0 Å². The minimum absolute atomic E-state index is 0.0810. The molecular formula is C22H22N2O3. The van der Waals surface area contributed by atoms with Gasteiger partial charge in [0.15, 0.2) is 11.5 Å². The minimum Gasteiger partial charge on any atom is -0.497 e. The SMILES string of the molecule is COc1ccc(-c2cc(C(=O)N3CCCC3c3cccc(C)c3)no2)cc1. The first-order chi connectivity index (χ1) is 13.2. The van der Waals surface area contributed by atoms with E-state index in [-0.39, 0.29) is 11.9 Å². The summed E-state index contributed by atoms with van der Waals surface area (Å²) in [5, 5.41) is 4.03. The summed E-state index contributed by atoms with van der Waals surface area (Å²) in [7, 11) is 1.63. The van der Waals surface area contributed by atoms with Crippen molar-refractivity contribution in [2.24, 2.45) is 0 Å². The van der Waals surface area contributed by atoms with Crippen LogP contribution in [0.2, 0.25) is 0 Å². The summed E-state index contributed by atoms with van der Waals surface area (Å²) in [5.41, 5.74) is 3.59. The third kappa shape index (κ3) is 3.45. The molecule has 27 heavy (non-hydrogen) atoms. The average Bonchev–Trinajstić information content (AvgIpc) is 3.37. The first-order valence-corrected chi connectivity index (χ1v) is 9.14. The zero-order chi connectivity index (χ0) is 18.8. The number of amides is 1. The number of carbonyl (C=O) groups excluding carboxylic acids is 1. The van der Waals surface area contributed by atoms with Gasteiger partial charge in [-0.2, -0.15) is 0 Å². The second-order valence-corrected chi connectivity index (χ2v) is 6.88. The molecule has 3 aromatic rings. The largest absolute Gasteiger partial charge is 0.497 e. The molecule has 1 atom stereocenters. The quantitative estimate of drug-likeness (QED) is 0.679. The maximum absolute atomic E-state index is 13.0. The van der Waals surface area contributed by atoms with Crippen LogP contribution in [0.4, 0.5) is 0 Å². The van der Waals surface area contributed by atoms with Crippen molar-refractivity contribution < 1.29 is 14.1 Å². The Bertz CT molecular complexity index is 946. The number of aromatic nitrogens is 1. The number of ether oxygens (including phenoxy) is 1. The summed E-state index contributed by atoms with van der Waals surface area (Å²) in [6.45, 7) is 2.81. The molecule has 5 nitrogen and oxygen atoms in total. The van der Waals surface area contributed by atoms with Crippen LogP contribution in [-0.4, -0.2) is 29.6 Å². The number of nitrogens with zero attached hydrogens (tertiary/aromatic N) is 2. The Labute approximate surface area is 158 Å². The van der Waals surface area contributed by atoms with Crippen molar-refractivity contribution in [3.8, 4) is 17.1 Å². The molecule has 1 unspecified atom stereocenters. The van der Waals surface area contributed by atoms with Crippen LogP contribution in [0, 0.1) is 6.92 Å². The van der Waals surface area contributed by atoms with E-state index >= 15 is 0 Å². The van der Waals surface area contributed by atoms with Gasteiger partial charge in [0.1, 0.15) is 5.75 Å². The molecule has 138 valence electrons. The molecule has 2 heterocycles. The fourth-order valence-electron chi connectivity index (χ4n) is 3.65. The molecule has 1 fully saturated rings. The van der Waals surface area contributed by atoms with Gasteiger partial charge in [0.2, 0.25) is 0 Å². The second-order valence-electron chi connectivity index (χ2n) is 6.88. The van der Waals surface area contributed by atoms with E-state index in [9.17, 15) is 4.79 Å². The van der Waals surface area contributed by atoms with Crippen LogP contribution in [0.1, 0.15) is 40.5 Å². The number of rotatable bonds is 4. The molecule has 0 N–H and O–H groups in total. The zero-order valence-corrected chi connectivity index (χ0v) is 15.5. The van der Waals surface area contributed by atoms with E-state index in [4.69, 9.17) is 9.26 Å². The van der Waals surface area contributed by atoms with Gasteiger partial charge in [-0.05, 0) is 49.6 Å². The smallest absolute Gasteiger partial charge is 0.276 e. The third-order valence-corrected chi connectivity index (χ3v) is 5.04. The van der Waals surface area contributed by atoms with Gasteiger partial charge in [-0.15, -0.1) is 0 Å². The van der Waals surface area contributed by atoms with Crippen molar-refractivity contribution >= 4 is 5.91 Å². The summed E-state index contributed by atoms with van der Waals surface area (Å²) in [5.74, 6) is 1.27. The molecule has 0 spiro atoms. The number of likely N-dealkylation sites (tertiary alicyclic amines) is 1. The van der Waals surface area contributed by atoms with E-state index in [1.807, 2.05) is 35.2 Å². The molecule has 1 saturated heterocycles. The van der Waals surface area contributed by atoms with Crippen molar-refractivity contribution in [3.05, 3.63) is 71.4 Å². The maximum Gasteiger partial charge on any atom is 0.276 e. The highest BCUT2D eigenvalue weighted by atomic mass is 16.5. The summed E-state index contributed by atoms with van der Waals surface area (Å²) >= 11 is 0. The van der Waals surface area contributed by atoms with Crippen molar-refractivity contribution in [1.29, 1.82) is 0 Å². The van der Waals surface area contributed by atoms with Crippen LogP contribution in [0.15, 0.2) is 59.1 Å². The molecule has 0 radical (unpaired) electrons. The Balaban J connectivity index is 1.56. The van der Waals surface area contributed by atoms with Crippen LogP contribution in [0.3, 0.4) is 0 Å². The number of hydrogen-bond donors (Lipinski definition) is 0. The monoisotopic (exact) mass is 362 g/mol. The van der Waals surface area contributed by atoms with E-state index in [1.165, 1.54) is 11.1 Å². The third-order valence-electron chi connectivity index (χ3n) is 5.04. The summed E-state index contributed by atoms with van der Waals surface area (Å²) in [6, 6.07) is 17.7. The molecule has 5 heteroatoms. The van der Waals surface area contributed by atoms with Crippen molar-refractivity contribution in [2.45, 2.75) is 25.8 Å². The molecule has 2 aromatic carbocycles. The Morgan fingerprint density at radius 1 is 1.19 bits per heavy atom. The predicted molar refractivity (Wildman–Crippen MR) is 103 cm³/mol. The van der Waals surface area contributed by atoms with Crippen molar-refractivity contribution in [3.63, 3.8) is 0 Å². The van der Waals surface area contributed by atoms with E-state index in [2.05, 4.69) is 30.3 Å². The first kappa shape index (κ1) is 17.3. The lowest BCUT2D eigenvalue weighted by atomic mass is 10.0. The molecule has 1 aliphatic rings. The maximum atomic E-state index is 13.0. The number of benzene rings is 2. The molecule has 1 aliphatic heterocycles. The Morgan fingerprint density at radius 2 is 2.00 bits per heavy atom. The van der Waals surface area contributed by atoms with Crippen molar-refractivity contribution in [1.82, 2.24) is 10.1 Å². The summed E-state index contributed by atoms with van der Waals surface area (Å²) < 4.78 is 10.6. The van der Waals surface area contributed by atoms with Gasteiger partial charge in [-0.1, -0.05) is 35.0 Å². The van der Waals surface area contributed by atoms with E-state index in [0.29, 0.717) is 11.5 Å². The fourth-order valence-corrected chi connectivity index (χ4v) is 3.65. The average molecular weight is 362 g/mol. The Morgan fingerprint density at radius 3 is 2.74 bits per heavy atom. The number of hydrogen-bond acceptors (Lipinski definition) is 4. The van der Waals surface area contributed by atoms with Crippen LogP contribution in [0.5, 0.6) is 5.75 Å². The van der Waals surface area contributed by atoms with Gasteiger partial charge in [-0.3, -0.25) is 4.79 Å². The highest BCUT2D eigenvalue weighted by Gasteiger charge is 2.32. The number of methoxy groups -OCH3 is 1. The lowest BCUT2D eigenvalue weighted by Gasteiger charge is -2.24. The van der Waals surface area contributed by atoms with Crippen LogP contribution in [-0.2, 0) is 0 Å².